The highest BCUT2D eigenvalue weighted by molar-refractivity contribution is 5.82. The van der Waals surface area contributed by atoms with Crippen LogP contribution < -0.4 is 15.4 Å². The highest BCUT2D eigenvalue weighted by atomic mass is 16.5. The number of benzene rings is 1. The molecule has 0 saturated carbocycles. The third kappa shape index (κ3) is 5.56. The first-order valence-electron chi connectivity index (χ1n) is 9.36. The van der Waals surface area contributed by atoms with Crippen LogP contribution in [-0.4, -0.2) is 31.0 Å². The summed E-state index contributed by atoms with van der Waals surface area (Å²) in [6, 6.07) is 5.96. The van der Waals surface area contributed by atoms with Crippen LogP contribution in [-0.2, 0) is 16.0 Å². The van der Waals surface area contributed by atoms with E-state index in [-0.39, 0.29) is 17.9 Å². The van der Waals surface area contributed by atoms with Gasteiger partial charge in [0.1, 0.15) is 5.75 Å². The molecule has 0 radical (unpaired) electrons. The van der Waals surface area contributed by atoms with Crippen molar-refractivity contribution in [1.82, 2.24) is 10.6 Å². The van der Waals surface area contributed by atoms with Gasteiger partial charge in [-0.15, -0.1) is 0 Å². The molecule has 2 rings (SSSR count). The number of nitrogens with one attached hydrogen (secondary N) is 2. The second kappa shape index (κ2) is 9.56. The third-order valence-corrected chi connectivity index (χ3v) is 4.58. The van der Waals surface area contributed by atoms with E-state index < -0.39 is 0 Å². The molecule has 0 aromatic heterocycles. The van der Waals surface area contributed by atoms with E-state index in [1.165, 1.54) is 0 Å². The topological polar surface area (TPSA) is 67.4 Å². The smallest absolute Gasteiger partial charge is 0.311 e. The molecule has 1 atom stereocenters. The fraction of sp³-hybridized carbons (Fsp3) is 0.600. The molecule has 5 heteroatoms. The van der Waals surface area contributed by atoms with E-state index in [1.54, 1.807) is 0 Å². The van der Waals surface area contributed by atoms with Gasteiger partial charge in [0.25, 0.3) is 0 Å². The number of carbonyl (C=O) groups excluding carboxylic acids is 2. The minimum atomic E-state index is -0.240. The Hall–Kier alpha value is -1.88. The zero-order chi connectivity index (χ0) is 18.2. The van der Waals surface area contributed by atoms with Crippen LogP contribution in [0.5, 0.6) is 5.75 Å². The van der Waals surface area contributed by atoms with Crippen LogP contribution in [0.15, 0.2) is 18.2 Å². The molecule has 1 fully saturated rings. The Morgan fingerprint density at radius 2 is 2.16 bits per heavy atom. The number of para-hydroxylation sites is 1. The molecule has 1 aliphatic rings. The van der Waals surface area contributed by atoms with E-state index in [2.05, 4.69) is 31.4 Å². The minimum absolute atomic E-state index is 0.0317. The molecule has 1 aromatic carbocycles. The van der Waals surface area contributed by atoms with Crippen molar-refractivity contribution in [3.05, 3.63) is 29.3 Å². The van der Waals surface area contributed by atoms with Crippen LogP contribution in [0, 0.1) is 0 Å². The quantitative estimate of drug-likeness (QED) is 0.431. The Morgan fingerprint density at radius 1 is 1.36 bits per heavy atom. The summed E-state index contributed by atoms with van der Waals surface area (Å²) in [4.78, 5) is 24.1. The lowest BCUT2D eigenvalue weighted by molar-refractivity contribution is -0.134. The van der Waals surface area contributed by atoms with Crippen molar-refractivity contribution < 1.29 is 14.3 Å². The van der Waals surface area contributed by atoms with Crippen LogP contribution in [0.1, 0.15) is 63.5 Å². The molecular formula is C20H30N2O3. The van der Waals surface area contributed by atoms with Gasteiger partial charge in [-0.25, -0.2) is 0 Å². The van der Waals surface area contributed by atoms with E-state index in [1.807, 2.05) is 18.2 Å². The number of hydrogen-bond donors (Lipinski definition) is 2. The lowest BCUT2D eigenvalue weighted by Gasteiger charge is -2.16. The van der Waals surface area contributed by atoms with Crippen LogP contribution >= 0.6 is 0 Å². The molecule has 1 saturated heterocycles. The average Bonchev–Trinajstić information content (AvgIpc) is 3.13. The Morgan fingerprint density at radius 3 is 2.80 bits per heavy atom. The van der Waals surface area contributed by atoms with Crippen LogP contribution in [0.3, 0.4) is 0 Å². The van der Waals surface area contributed by atoms with Crippen LogP contribution in [0.25, 0.3) is 0 Å². The molecule has 25 heavy (non-hydrogen) atoms. The standard InChI is InChI=1S/C20H30N2O3/c1-4-15-8-5-9-16(14(2)3)19(15)25-18(23)11-7-13-22-20(24)17-10-6-12-21-17/h5,8-9,14,17,21H,4,6-7,10-13H2,1-3H3,(H,22,24)/t17-/m0/s1. The van der Waals surface area contributed by atoms with Gasteiger partial charge in [0.2, 0.25) is 5.91 Å². The SMILES string of the molecule is CCc1cccc(C(C)C)c1OC(=O)CCCNC(=O)[C@@H]1CCCN1. The lowest BCUT2D eigenvalue weighted by Crippen LogP contribution is -2.40. The summed E-state index contributed by atoms with van der Waals surface area (Å²) in [5.74, 6) is 0.803. The van der Waals surface area contributed by atoms with Gasteiger partial charge in [0, 0.05) is 13.0 Å². The Balaban J connectivity index is 1.81. The highest BCUT2D eigenvalue weighted by Crippen LogP contribution is 2.31. The van der Waals surface area contributed by atoms with Crippen molar-refractivity contribution in [2.45, 2.75) is 64.8 Å². The van der Waals surface area contributed by atoms with Gasteiger partial charge in [-0.3, -0.25) is 9.59 Å². The molecule has 2 N–H and O–H groups in total. The lowest BCUT2D eigenvalue weighted by atomic mass is 9.98. The molecule has 1 heterocycles. The highest BCUT2D eigenvalue weighted by Gasteiger charge is 2.21. The van der Waals surface area contributed by atoms with E-state index in [9.17, 15) is 9.59 Å². The predicted octanol–water partition coefficient (Wildman–Crippen LogP) is 2.93. The molecule has 138 valence electrons. The van der Waals surface area contributed by atoms with Crippen molar-refractivity contribution in [3.63, 3.8) is 0 Å². The summed E-state index contributed by atoms with van der Waals surface area (Å²) in [5, 5.41) is 6.05. The number of esters is 1. The van der Waals surface area contributed by atoms with E-state index >= 15 is 0 Å². The summed E-state index contributed by atoms with van der Waals surface area (Å²) in [5.41, 5.74) is 2.12. The summed E-state index contributed by atoms with van der Waals surface area (Å²) in [7, 11) is 0. The van der Waals surface area contributed by atoms with Crippen molar-refractivity contribution in [3.8, 4) is 5.75 Å². The first-order chi connectivity index (χ1) is 12.0. The molecule has 5 nitrogen and oxygen atoms in total. The van der Waals surface area contributed by atoms with Gasteiger partial charge in [0.05, 0.1) is 6.04 Å². The van der Waals surface area contributed by atoms with Gasteiger partial charge in [-0.2, -0.15) is 0 Å². The number of ether oxygens (including phenoxy) is 1. The maximum absolute atomic E-state index is 12.2. The summed E-state index contributed by atoms with van der Waals surface area (Å²) in [6.07, 6.45) is 3.64. The summed E-state index contributed by atoms with van der Waals surface area (Å²) in [6.45, 7) is 7.65. The Kier molecular flexibility index (Phi) is 7.44. The normalized spacial score (nSPS) is 16.9. The zero-order valence-corrected chi connectivity index (χ0v) is 15.6. The monoisotopic (exact) mass is 346 g/mol. The fourth-order valence-electron chi connectivity index (χ4n) is 3.10. The van der Waals surface area contributed by atoms with Gasteiger partial charge in [-0.1, -0.05) is 39.0 Å². The summed E-state index contributed by atoms with van der Waals surface area (Å²) >= 11 is 0. The molecule has 0 spiro atoms. The molecule has 0 bridgehead atoms. The first kappa shape index (κ1) is 19.4. The number of aryl methyl sites for hydroxylation is 1. The maximum Gasteiger partial charge on any atom is 0.311 e. The van der Waals surface area contributed by atoms with E-state index in [4.69, 9.17) is 4.74 Å². The largest absolute Gasteiger partial charge is 0.426 e. The summed E-state index contributed by atoms with van der Waals surface area (Å²) < 4.78 is 5.67. The number of hydrogen-bond acceptors (Lipinski definition) is 4. The van der Waals surface area contributed by atoms with E-state index in [0.29, 0.717) is 31.1 Å². The number of carbonyl (C=O) groups is 2. The fourth-order valence-corrected chi connectivity index (χ4v) is 3.10. The molecule has 0 aliphatic carbocycles. The van der Waals surface area contributed by atoms with E-state index in [0.717, 1.165) is 36.9 Å². The van der Waals surface area contributed by atoms with Crippen LogP contribution in [0.4, 0.5) is 0 Å². The van der Waals surface area contributed by atoms with Crippen molar-refractivity contribution in [2.75, 3.05) is 13.1 Å². The maximum atomic E-state index is 12.2. The van der Waals surface area contributed by atoms with Crippen molar-refractivity contribution >= 4 is 11.9 Å². The van der Waals surface area contributed by atoms with Gasteiger partial charge in [-0.05, 0) is 49.3 Å². The average molecular weight is 346 g/mol. The van der Waals surface area contributed by atoms with Gasteiger partial charge < -0.3 is 15.4 Å². The second-order valence-electron chi connectivity index (χ2n) is 6.86. The minimum Gasteiger partial charge on any atom is -0.426 e. The number of rotatable bonds is 8. The predicted molar refractivity (Wildman–Crippen MR) is 98.8 cm³/mol. The van der Waals surface area contributed by atoms with Gasteiger partial charge >= 0.3 is 5.97 Å². The number of amides is 1. The van der Waals surface area contributed by atoms with Crippen molar-refractivity contribution in [2.24, 2.45) is 0 Å². The zero-order valence-electron chi connectivity index (χ0n) is 15.6. The Bertz CT molecular complexity index is 593. The molecule has 1 amide bonds. The first-order valence-corrected chi connectivity index (χ1v) is 9.36. The second-order valence-corrected chi connectivity index (χ2v) is 6.86. The third-order valence-electron chi connectivity index (χ3n) is 4.58. The van der Waals surface area contributed by atoms with Crippen LogP contribution in [0.2, 0.25) is 0 Å². The molecular weight excluding hydrogens is 316 g/mol. The Labute approximate surface area is 150 Å². The molecule has 1 aromatic rings. The molecule has 1 aliphatic heterocycles. The van der Waals surface area contributed by atoms with Gasteiger partial charge in [0.15, 0.2) is 0 Å². The molecule has 0 unspecified atom stereocenters. The van der Waals surface area contributed by atoms with Crippen molar-refractivity contribution in [1.29, 1.82) is 0 Å².